The van der Waals surface area contributed by atoms with E-state index in [-0.39, 0.29) is 11.5 Å². The number of ketones is 1. The van der Waals surface area contributed by atoms with Gasteiger partial charge in [-0.3, -0.25) is 29.5 Å². The Bertz CT molecular complexity index is 1220. The van der Waals surface area contributed by atoms with Crippen LogP contribution in [0.15, 0.2) is 65.8 Å². The van der Waals surface area contributed by atoms with Gasteiger partial charge in [0.1, 0.15) is 6.04 Å². The average molecular weight is 430 g/mol. The second kappa shape index (κ2) is 7.23. The number of nitro benzene ring substituents is 1. The second-order valence-corrected chi connectivity index (χ2v) is 7.99. The first kappa shape index (κ1) is 19.8. The van der Waals surface area contributed by atoms with Crippen LogP contribution in [0.25, 0.3) is 0 Å². The van der Waals surface area contributed by atoms with Gasteiger partial charge in [0.05, 0.1) is 28.5 Å². The minimum Gasteiger partial charge on any atom is -0.292 e. The molecule has 0 aliphatic carbocycles. The summed E-state index contributed by atoms with van der Waals surface area (Å²) < 4.78 is 0. The number of hydrogen-bond acceptors (Lipinski definition) is 7. The van der Waals surface area contributed by atoms with E-state index in [4.69, 9.17) is 0 Å². The Kier molecular flexibility index (Phi) is 4.47. The molecule has 5 rings (SSSR count). The molecule has 3 aliphatic rings. The Morgan fingerprint density at radius 2 is 1.78 bits per heavy atom. The maximum absolute atomic E-state index is 13.6. The van der Waals surface area contributed by atoms with Gasteiger partial charge in [0.15, 0.2) is 5.78 Å². The van der Waals surface area contributed by atoms with Gasteiger partial charge in [-0.05, 0) is 24.6 Å². The topological polar surface area (TPSA) is 113 Å². The van der Waals surface area contributed by atoms with Crippen molar-refractivity contribution in [2.24, 2.45) is 16.9 Å². The third-order valence-corrected chi connectivity index (χ3v) is 6.25. The molecule has 2 amide bonds. The van der Waals surface area contributed by atoms with Crippen LogP contribution in [-0.2, 0) is 9.59 Å². The van der Waals surface area contributed by atoms with Crippen LogP contribution in [0.3, 0.4) is 0 Å². The molecule has 0 saturated carbocycles. The number of carbonyl (C=O) groups excluding carboxylic acids is 3. The number of Topliss-reactive ketones (excluding diaryl/α,β-unsaturated/α-hetero) is 1. The second-order valence-electron chi connectivity index (χ2n) is 7.99. The molecule has 0 N–H and O–H groups in total. The fraction of sp³-hybridized carbons (Fsp3) is 0.217. The Balaban J connectivity index is 1.58. The molecule has 0 spiro atoms. The van der Waals surface area contributed by atoms with Gasteiger partial charge in [-0.2, -0.15) is 5.10 Å². The van der Waals surface area contributed by atoms with E-state index in [1.54, 1.807) is 54.4 Å². The lowest BCUT2D eigenvalue weighted by molar-refractivity contribution is -0.384. The molecular weight excluding hydrogens is 412 g/mol. The molecule has 0 bridgehead atoms. The van der Waals surface area contributed by atoms with E-state index >= 15 is 0 Å². The van der Waals surface area contributed by atoms with Gasteiger partial charge in [0.25, 0.3) is 5.69 Å². The summed E-state index contributed by atoms with van der Waals surface area (Å²) in [6, 6.07) is 11.2. The van der Waals surface area contributed by atoms with Crippen LogP contribution < -0.4 is 4.90 Å². The van der Waals surface area contributed by atoms with Crippen molar-refractivity contribution in [2.75, 3.05) is 4.90 Å². The van der Waals surface area contributed by atoms with Crippen LogP contribution >= 0.6 is 0 Å². The first-order valence-electron chi connectivity index (χ1n) is 10.1. The van der Waals surface area contributed by atoms with Crippen molar-refractivity contribution in [3.63, 3.8) is 0 Å². The van der Waals surface area contributed by atoms with Gasteiger partial charge < -0.3 is 0 Å². The maximum atomic E-state index is 13.6. The van der Waals surface area contributed by atoms with Crippen molar-refractivity contribution in [2.45, 2.75) is 19.0 Å². The summed E-state index contributed by atoms with van der Waals surface area (Å²) in [6.07, 6.45) is 5.02. The van der Waals surface area contributed by atoms with Crippen molar-refractivity contribution in [3.05, 3.63) is 81.9 Å². The van der Waals surface area contributed by atoms with E-state index in [0.717, 1.165) is 4.90 Å². The summed E-state index contributed by atoms with van der Waals surface area (Å²) in [6.45, 7) is 1.61. The smallest absolute Gasteiger partial charge is 0.269 e. The van der Waals surface area contributed by atoms with Crippen LogP contribution in [0.4, 0.5) is 11.4 Å². The zero-order valence-corrected chi connectivity index (χ0v) is 17.0. The SMILES string of the molecule is Cc1cc([N+](=O)[O-])ccc1N1C(=O)[C@@H]2[C@H](C1=O)[C@H](C(=O)c1ccccc1)N1N=CC=C[C@@H]21. The highest BCUT2D eigenvalue weighted by Crippen LogP contribution is 2.46. The lowest BCUT2D eigenvalue weighted by Crippen LogP contribution is -2.46. The van der Waals surface area contributed by atoms with Gasteiger partial charge >= 0.3 is 0 Å². The monoisotopic (exact) mass is 430 g/mol. The van der Waals surface area contributed by atoms with Crippen molar-refractivity contribution in [3.8, 4) is 0 Å². The molecule has 9 heteroatoms. The van der Waals surface area contributed by atoms with E-state index in [2.05, 4.69) is 5.10 Å². The summed E-state index contributed by atoms with van der Waals surface area (Å²) in [5.74, 6) is -2.89. The van der Waals surface area contributed by atoms with Gasteiger partial charge in [-0.1, -0.05) is 36.4 Å². The lowest BCUT2D eigenvalue weighted by atomic mass is 9.86. The summed E-state index contributed by atoms with van der Waals surface area (Å²) in [7, 11) is 0. The fourth-order valence-corrected chi connectivity index (χ4v) is 4.85. The number of imide groups is 1. The van der Waals surface area contributed by atoms with E-state index in [1.165, 1.54) is 24.4 Å². The van der Waals surface area contributed by atoms with Crippen LogP contribution in [0.5, 0.6) is 0 Å². The van der Waals surface area contributed by atoms with E-state index in [0.29, 0.717) is 16.8 Å². The highest BCUT2D eigenvalue weighted by Gasteiger charge is 2.64. The van der Waals surface area contributed by atoms with Crippen LogP contribution in [0.2, 0.25) is 0 Å². The predicted octanol–water partition coefficient (Wildman–Crippen LogP) is 2.50. The summed E-state index contributed by atoms with van der Waals surface area (Å²) >= 11 is 0. The summed E-state index contributed by atoms with van der Waals surface area (Å²) in [5, 5.41) is 17.0. The fourth-order valence-electron chi connectivity index (χ4n) is 4.85. The number of amides is 2. The number of aryl methyl sites for hydroxylation is 1. The number of nitrogens with zero attached hydrogens (tertiary/aromatic N) is 4. The number of rotatable bonds is 4. The van der Waals surface area contributed by atoms with Gasteiger partial charge in [0, 0.05) is 23.9 Å². The number of hydrazone groups is 1. The van der Waals surface area contributed by atoms with Crippen molar-refractivity contribution in [1.82, 2.24) is 5.01 Å². The van der Waals surface area contributed by atoms with E-state index < -0.39 is 40.7 Å². The molecule has 0 radical (unpaired) electrons. The molecule has 0 aromatic heterocycles. The first-order valence-corrected chi connectivity index (χ1v) is 10.1. The average Bonchev–Trinajstić information content (AvgIpc) is 3.27. The Hall–Kier alpha value is -4.14. The van der Waals surface area contributed by atoms with Gasteiger partial charge in [-0.25, -0.2) is 4.90 Å². The Labute approximate surface area is 182 Å². The molecular formula is C23H18N4O5. The molecule has 2 saturated heterocycles. The molecule has 160 valence electrons. The maximum Gasteiger partial charge on any atom is 0.269 e. The van der Waals surface area contributed by atoms with Crippen molar-refractivity contribution >= 4 is 35.2 Å². The molecule has 4 atom stereocenters. The quantitative estimate of drug-likeness (QED) is 0.319. The Morgan fingerprint density at radius 1 is 1.06 bits per heavy atom. The number of anilines is 1. The molecule has 2 aromatic rings. The van der Waals surface area contributed by atoms with E-state index in [1.807, 2.05) is 0 Å². The third kappa shape index (κ3) is 2.78. The molecule has 3 heterocycles. The van der Waals surface area contributed by atoms with Gasteiger partial charge in [-0.15, -0.1) is 0 Å². The zero-order valence-electron chi connectivity index (χ0n) is 17.0. The number of non-ortho nitro benzene ring substituents is 1. The number of benzene rings is 2. The van der Waals surface area contributed by atoms with Crippen LogP contribution in [0, 0.1) is 28.9 Å². The summed E-state index contributed by atoms with van der Waals surface area (Å²) in [5.41, 5.74) is 1.03. The number of allylic oxidation sites excluding steroid dienone is 1. The normalized spacial score (nSPS) is 25.8. The number of nitro groups is 1. The third-order valence-electron chi connectivity index (χ3n) is 6.25. The van der Waals surface area contributed by atoms with Crippen LogP contribution in [-0.4, -0.2) is 45.8 Å². The highest BCUT2D eigenvalue weighted by molar-refractivity contribution is 6.25. The molecule has 0 unspecified atom stereocenters. The van der Waals surface area contributed by atoms with Gasteiger partial charge in [0.2, 0.25) is 11.8 Å². The Morgan fingerprint density at radius 3 is 2.47 bits per heavy atom. The lowest BCUT2D eigenvalue weighted by Gasteiger charge is -2.30. The largest absolute Gasteiger partial charge is 0.292 e. The zero-order chi connectivity index (χ0) is 22.6. The highest BCUT2D eigenvalue weighted by atomic mass is 16.6. The minimum absolute atomic E-state index is 0.126. The standard InChI is InChI=1S/C23H18N4O5/c1-13-12-15(27(31)32)9-10-16(13)25-22(29)18-17-8-5-11-24-26(17)20(19(18)23(25)30)21(28)14-6-3-2-4-7-14/h2-12,17-20H,1H3/t17-,18-,19-,20+/m0/s1. The molecule has 2 fully saturated rings. The van der Waals surface area contributed by atoms with Crippen LogP contribution in [0.1, 0.15) is 15.9 Å². The molecule has 9 nitrogen and oxygen atoms in total. The molecule has 2 aromatic carbocycles. The van der Waals surface area contributed by atoms with Crippen molar-refractivity contribution in [1.29, 1.82) is 0 Å². The minimum atomic E-state index is -0.923. The number of carbonyl (C=O) groups is 3. The summed E-state index contributed by atoms with van der Waals surface area (Å²) in [4.78, 5) is 52.1. The number of hydrogen-bond donors (Lipinski definition) is 0. The van der Waals surface area contributed by atoms with E-state index in [9.17, 15) is 24.5 Å². The predicted molar refractivity (Wildman–Crippen MR) is 115 cm³/mol. The van der Waals surface area contributed by atoms with Crippen molar-refractivity contribution < 1.29 is 19.3 Å². The first-order chi connectivity index (χ1) is 15.4. The molecule has 32 heavy (non-hydrogen) atoms. The molecule has 3 aliphatic heterocycles. The number of fused-ring (bicyclic) bond motifs is 3.